The summed E-state index contributed by atoms with van der Waals surface area (Å²) in [6.45, 7) is 0. The topological polar surface area (TPSA) is 49.9 Å². The molecule has 2 aromatic rings. The summed E-state index contributed by atoms with van der Waals surface area (Å²) in [7, 11) is -2.81. The monoisotopic (exact) mass is 249 g/mol. The van der Waals surface area contributed by atoms with Crippen molar-refractivity contribution in [1.29, 1.82) is 0 Å². The highest BCUT2D eigenvalue weighted by atomic mass is 32.2. The lowest BCUT2D eigenvalue weighted by molar-refractivity contribution is -0.137. The van der Waals surface area contributed by atoms with Crippen LogP contribution in [-0.4, -0.2) is 13.4 Å². The zero-order chi connectivity index (χ0) is 11.9. The first-order valence-electron chi connectivity index (χ1n) is 4.22. The minimum absolute atomic E-state index is 0.00118. The van der Waals surface area contributed by atoms with Gasteiger partial charge < -0.3 is 4.98 Å². The van der Waals surface area contributed by atoms with Crippen molar-refractivity contribution in [3.63, 3.8) is 0 Å². The minimum Gasteiger partial charge on any atom is -0.360 e. The Labute approximate surface area is 89.8 Å². The Kier molecular flexibility index (Phi) is 2.42. The lowest BCUT2D eigenvalue weighted by Gasteiger charge is -2.05. The highest BCUT2D eigenvalue weighted by molar-refractivity contribution is 7.72. The number of hydrogen-bond donors (Lipinski definition) is 2. The maximum Gasteiger partial charge on any atom is 0.416 e. The van der Waals surface area contributed by atoms with Crippen LogP contribution in [0, 0.1) is 0 Å². The first-order valence-corrected chi connectivity index (χ1v) is 5.40. The van der Waals surface area contributed by atoms with E-state index in [4.69, 9.17) is 0 Å². The van der Waals surface area contributed by atoms with Gasteiger partial charge in [0.1, 0.15) is 0 Å². The molecule has 0 atom stereocenters. The highest BCUT2D eigenvalue weighted by Crippen LogP contribution is 2.32. The average Bonchev–Trinajstić information content (AvgIpc) is 2.58. The molecule has 3 nitrogen and oxygen atoms in total. The Morgan fingerprint density at radius 2 is 1.88 bits per heavy atom. The van der Waals surface area contributed by atoms with E-state index in [1.165, 1.54) is 6.20 Å². The summed E-state index contributed by atoms with van der Waals surface area (Å²) >= 11 is 0. The molecular weight excluding hydrogens is 243 g/mol. The molecule has 0 aliphatic rings. The standard InChI is InChI=1S/C9H6F3NO2S/c10-9(11,12)5-1-2-6-7(3-5)13-4-8(6)16(14)15/h1-4,13,16H. The van der Waals surface area contributed by atoms with Crippen molar-refractivity contribution in [3.05, 3.63) is 30.0 Å². The molecule has 0 bridgehead atoms. The van der Waals surface area contributed by atoms with Gasteiger partial charge in [0, 0.05) is 17.1 Å². The summed E-state index contributed by atoms with van der Waals surface area (Å²) in [6.07, 6.45) is -3.25. The molecule has 7 heteroatoms. The zero-order valence-electron chi connectivity index (χ0n) is 7.71. The van der Waals surface area contributed by atoms with Crippen molar-refractivity contribution in [2.75, 3.05) is 0 Å². The number of rotatable bonds is 1. The van der Waals surface area contributed by atoms with Gasteiger partial charge in [-0.05, 0) is 12.1 Å². The second kappa shape index (κ2) is 3.51. The van der Waals surface area contributed by atoms with E-state index in [-0.39, 0.29) is 15.8 Å². The Morgan fingerprint density at radius 3 is 2.44 bits per heavy atom. The second-order valence-electron chi connectivity index (χ2n) is 3.19. The molecule has 0 fully saturated rings. The number of nitrogens with one attached hydrogen (secondary N) is 1. The predicted molar refractivity (Wildman–Crippen MR) is 51.9 cm³/mol. The Balaban J connectivity index is 2.67. The fourth-order valence-corrected chi connectivity index (χ4v) is 2.00. The number of H-pyrrole nitrogens is 1. The van der Waals surface area contributed by atoms with Crippen LogP contribution in [0.15, 0.2) is 29.3 Å². The summed E-state index contributed by atoms with van der Waals surface area (Å²) in [4.78, 5) is 2.50. The minimum atomic E-state index is -4.43. The third-order valence-electron chi connectivity index (χ3n) is 2.18. The van der Waals surface area contributed by atoms with Crippen LogP contribution >= 0.6 is 0 Å². The number of fused-ring (bicyclic) bond motifs is 1. The summed E-state index contributed by atoms with van der Waals surface area (Å²) in [5.41, 5.74) is -0.654. The van der Waals surface area contributed by atoms with E-state index in [1.807, 2.05) is 0 Å². The summed E-state index contributed by atoms with van der Waals surface area (Å²) in [5, 5.41) is 0.268. The molecule has 0 radical (unpaired) electrons. The highest BCUT2D eigenvalue weighted by Gasteiger charge is 2.30. The van der Waals surface area contributed by atoms with E-state index in [0.717, 1.165) is 18.2 Å². The van der Waals surface area contributed by atoms with Crippen LogP contribution < -0.4 is 0 Å². The van der Waals surface area contributed by atoms with E-state index >= 15 is 0 Å². The van der Waals surface area contributed by atoms with Crippen LogP contribution in [0.25, 0.3) is 10.9 Å². The molecule has 0 aliphatic carbocycles. The maximum atomic E-state index is 12.3. The van der Waals surface area contributed by atoms with Crippen LogP contribution in [0.3, 0.4) is 0 Å². The number of halogens is 3. The van der Waals surface area contributed by atoms with Crippen molar-refractivity contribution < 1.29 is 21.6 Å². The average molecular weight is 249 g/mol. The summed E-state index contributed by atoms with van der Waals surface area (Å²) in [5.74, 6) is 0. The Morgan fingerprint density at radius 1 is 1.19 bits per heavy atom. The molecule has 0 saturated carbocycles. The number of benzene rings is 1. The maximum absolute atomic E-state index is 12.3. The molecule has 0 amide bonds. The van der Waals surface area contributed by atoms with Gasteiger partial charge in [-0.1, -0.05) is 6.07 Å². The van der Waals surface area contributed by atoms with Crippen molar-refractivity contribution in [1.82, 2.24) is 4.98 Å². The van der Waals surface area contributed by atoms with Gasteiger partial charge in [-0.15, -0.1) is 0 Å². The van der Waals surface area contributed by atoms with Gasteiger partial charge in [0.05, 0.1) is 10.5 Å². The van der Waals surface area contributed by atoms with Gasteiger partial charge in [-0.25, -0.2) is 8.42 Å². The number of aromatic nitrogens is 1. The van der Waals surface area contributed by atoms with Gasteiger partial charge in [-0.2, -0.15) is 13.2 Å². The number of alkyl halides is 3. The summed E-state index contributed by atoms with van der Waals surface area (Å²) < 4.78 is 58.5. The fraction of sp³-hybridized carbons (Fsp3) is 0.111. The molecule has 1 aromatic heterocycles. The molecule has 0 saturated heterocycles. The molecule has 16 heavy (non-hydrogen) atoms. The van der Waals surface area contributed by atoms with Crippen LogP contribution in [0.2, 0.25) is 0 Å². The van der Waals surface area contributed by atoms with E-state index < -0.39 is 22.4 Å². The first kappa shape index (κ1) is 11.0. The van der Waals surface area contributed by atoms with E-state index in [1.54, 1.807) is 0 Å². The lowest BCUT2D eigenvalue weighted by atomic mass is 10.1. The largest absolute Gasteiger partial charge is 0.416 e. The second-order valence-corrected chi connectivity index (χ2v) is 4.19. The normalized spacial score (nSPS) is 12.5. The molecule has 1 aromatic carbocycles. The number of hydrogen-bond acceptors (Lipinski definition) is 2. The Hall–Kier alpha value is -1.50. The van der Waals surface area contributed by atoms with Gasteiger partial charge >= 0.3 is 6.18 Å². The molecule has 0 unspecified atom stereocenters. The van der Waals surface area contributed by atoms with Crippen molar-refractivity contribution in [2.24, 2.45) is 0 Å². The van der Waals surface area contributed by atoms with E-state index in [2.05, 4.69) is 4.98 Å². The van der Waals surface area contributed by atoms with Crippen LogP contribution in [0.5, 0.6) is 0 Å². The van der Waals surface area contributed by atoms with Crippen LogP contribution in [0.1, 0.15) is 5.56 Å². The van der Waals surface area contributed by atoms with E-state index in [9.17, 15) is 21.6 Å². The smallest absolute Gasteiger partial charge is 0.360 e. The van der Waals surface area contributed by atoms with Gasteiger partial charge in [0.15, 0.2) is 10.7 Å². The van der Waals surface area contributed by atoms with Gasteiger partial charge in [0.25, 0.3) is 0 Å². The summed E-state index contributed by atoms with van der Waals surface area (Å²) in [6, 6.07) is 2.89. The van der Waals surface area contributed by atoms with E-state index in [0.29, 0.717) is 0 Å². The zero-order valence-corrected chi connectivity index (χ0v) is 8.60. The Bertz CT molecular complexity index is 605. The van der Waals surface area contributed by atoms with Crippen molar-refractivity contribution >= 4 is 21.6 Å². The van der Waals surface area contributed by atoms with Crippen LogP contribution in [-0.2, 0) is 16.9 Å². The molecular formula is C9H6F3NO2S. The lowest BCUT2D eigenvalue weighted by Crippen LogP contribution is -2.04. The molecule has 2 rings (SSSR count). The van der Waals surface area contributed by atoms with Crippen molar-refractivity contribution in [2.45, 2.75) is 11.1 Å². The molecule has 1 heterocycles. The van der Waals surface area contributed by atoms with Crippen molar-refractivity contribution in [3.8, 4) is 0 Å². The third kappa shape index (κ3) is 1.78. The number of thiol groups is 1. The molecule has 0 spiro atoms. The first-order chi connectivity index (χ1) is 7.39. The molecule has 1 N–H and O–H groups in total. The quantitative estimate of drug-likeness (QED) is 0.761. The molecule has 0 aliphatic heterocycles. The fourth-order valence-electron chi connectivity index (χ4n) is 1.44. The van der Waals surface area contributed by atoms with Crippen LogP contribution in [0.4, 0.5) is 13.2 Å². The molecule has 86 valence electrons. The van der Waals surface area contributed by atoms with Gasteiger partial charge in [0.2, 0.25) is 0 Å². The number of aromatic amines is 1. The predicted octanol–water partition coefficient (Wildman–Crippen LogP) is 2.16. The third-order valence-corrected chi connectivity index (χ3v) is 2.95. The SMILES string of the molecule is O=[SH](=O)c1c[nH]c2cc(C(F)(F)F)ccc12. The van der Waals surface area contributed by atoms with Gasteiger partial charge in [-0.3, -0.25) is 0 Å².